The highest BCUT2D eigenvalue weighted by Crippen LogP contribution is 1.73. The Morgan fingerprint density at radius 2 is 1.70 bits per heavy atom. The van der Waals surface area contributed by atoms with Crippen molar-refractivity contribution in [3.8, 4) is 0 Å². The summed E-state index contributed by atoms with van der Waals surface area (Å²) in [6, 6.07) is 0. The minimum absolute atomic E-state index is 0. The van der Waals surface area contributed by atoms with Crippen molar-refractivity contribution in [1.29, 1.82) is 0 Å². The largest absolute Gasteiger partial charge is 1.00 e. The predicted octanol–water partition coefficient (Wildman–Crippen LogP) is -3.60. The van der Waals surface area contributed by atoms with E-state index in [1.807, 2.05) is 44.7 Å². The molecule has 0 aliphatic heterocycles. The Labute approximate surface area is 73.5 Å². The summed E-state index contributed by atoms with van der Waals surface area (Å²) in [5, 5.41) is 3.07. The van der Waals surface area contributed by atoms with Crippen molar-refractivity contribution in [3.05, 3.63) is 0 Å². The van der Waals surface area contributed by atoms with Gasteiger partial charge in [0.2, 0.25) is 0 Å². The summed E-state index contributed by atoms with van der Waals surface area (Å²) in [5.41, 5.74) is 0. The molecule has 0 radical (unpaired) electrons. The van der Waals surface area contributed by atoms with Crippen molar-refractivity contribution < 1.29 is 21.6 Å². The maximum Gasteiger partial charge on any atom is 0.347 e. The fraction of sp³-hybridized carbons (Fsp3) is 0.833. The van der Waals surface area contributed by atoms with E-state index in [-0.39, 0.29) is 17.0 Å². The van der Waals surface area contributed by atoms with Gasteiger partial charge in [-0.05, 0) is 0 Å². The molecule has 1 N–H and O–H groups in total. The molecule has 0 spiro atoms. The number of halogens is 1. The topological polar surface area (TPSA) is 18.3 Å². The molecule has 0 aliphatic carbocycles. The minimum atomic E-state index is 0. The molecule has 0 amide bonds. The number of hydrogen-bond donors (Lipinski definition) is 1. The lowest BCUT2D eigenvalue weighted by atomic mass is 10.7. The van der Waals surface area contributed by atoms with Gasteiger partial charge in [-0.25, -0.2) is 0 Å². The highest BCUT2D eigenvalue weighted by molar-refractivity contribution is 5.73. The van der Waals surface area contributed by atoms with Crippen LogP contribution in [-0.2, 0) is 0 Å². The SMILES string of the molecule is CNC(N(C)C)=[N+](C)C.[Br-]. The molecule has 0 aromatic heterocycles. The Morgan fingerprint density at radius 3 is 1.70 bits per heavy atom. The van der Waals surface area contributed by atoms with Gasteiger partial charge >= 0.3 is 5.96 Å². The summed E-state index contributed by atoms with van der Waals surface area (Å²) in [5.74, 6) is 1.11. The van der Waals surface area contributed by atoms with Crippen LogP contribution in [0.15, 0.2) is 0 Å². The molecule has 0 rings (SSSR count). The molecule has 0 fully saturated rings. The third-order valence-electron chi connectivity index (χ3n) is 1.07. The summed E-state index contributed by atoms with van der Waals surface area (Å²) >= 11 is 0. The van der Waals surface area contributed by atoms with Crippen LogP contribution in [0.1, 0.15) is 0 Å². The van der Waals surface area contributed by atoms with Crippen LogP contribution in [0.25, 0.3) is 0 Å². The maximum atomic E-state index is 3.07. The van der Waals surface area contributed by atoms with E-state index < -0.39 is 0 Å². The van der Waals surface area contributed by atoms with Crippen LogP contribution < -0.4 is 22.3 Å². The molecule has 4 heteroatoms. The summed E-state index contributed by atoms with van der Waals surface area (Å²) in [6.45, 7) is 0. The van der Waals surface area contributed by atoms with Crippen molar-refractivity contribution in [1.82, 2.24) is 10.2 Å². The van der Waals surface area contributed by atoms with Crippen LogP contribution in [-0.4, -0.2) is 50.7 Å². The van der Waals surface area contributed by atoms with E-state index in [0.717, 1.165) is 5.96 Å². The second kappa shape index (κ2) is 5.53. The van der Waals surface area contributed by atoms with Gasteiger partial charge in [-0.3, -0.25) is 14.8 Å². The second-order valence-electron chi connectivity index (χ2n) is 2.36. The fourth-order valence-electron chi connectivity index (χ4n) is 0.847. The Kier molecular flexibility index (Phi) is 6.87. The van der Waals surface area contributed by atoms with E-state index in [4.69, 9.17) is 0 Å². The maximum absolute atomic E-state index is 3.07. The summed E-state index contributed by atoms with van der Waals surface area (Å²) in [4.78, 5) is 2.03. The monoisotopic (exact) mass is 209 g/mol. The lowest BCUT2D eigenvalue weighted by Gasteiger charge is -2.09. The smallest absolute Gasteiger partial charge is 0.347 e. The summed E-state index contributed by atoms with van der Waals surface area (Å²) in [6.07, 6.45) is 0. The van der Waals surface area contributed by atoms with Gasteiger partial charge in [-0.1, -0.05) is 0 Å². The third-order valence-corrected chi connectivity index (χ3v) is 1.07. The van der Waals surface area contributed by atoms with Gasteiger partial charge in [0.15, 0.2) is 0 Å². The summed E-state index contributed by atoms with van der Waals surface area (Å²) < 4.78 is 2.03. The molecule has 0 heterocycles. The van der Waals surface area contributed by atoms with Gasteiger partial charge < -0.3 is 17.0 Å². The molecule has 0 saturated heterocycles. The first-order chi connectivity index (χ1) is 4.09. The van der Waals surface area contributed by atoms with Crippen molar-refractivity contribution >= 4 is 5.96 Å². The average molecular weight is 210 g/mol. The normalized spacial score (nSPS) is 7.70. The Balaban J connectivity index is 0. The van der Waals surface area contributed by atoms with E-state index in [9.17, 15) is 0 Å². The van der Waals surface area contributed by atoms with Crippen molar-refractivity contribution in [2.75, 3.05) is 35.2 Å². The van der Waals surface area contributed by atoms with Crippen molar-refractivity contribution in [2.24, 2.45) is 0 Å². The number of guanidine groups is 1. The standard InChI is InChI=1S/C6H15N3.BrH/c1-7-6(8(2)3)9(4)5;/h1-5H3;1H. The molecular formula is C6H16BrN3. The first kappa shape index (κ1) is 12.4. The molecule has 0 unspecified atom stereocenters. The highest BCUT2D eigenvalue weighted by Gasteiger charge is 2.05. The molecule has 0 bridgehead atoms. The minimum Gasteiger partial charge on any atom is -1.00 e. The van der Waals surface area contributed by atoms with E-state index in [2.05, 4.69) is 5.32 Å². The highest BCUT2D eigenvalue weighted by atomic mass is 79.9. The molecule has 0 aromatic rings. The fourth-order valence-corrected chi connectivity index (χ4v) is 0.847. The van der Waals surface area contributed by atoms with E-state index >= 15 is 0 Å². The number of rotatable bonds is 0. The van der Waals surface area contributed by atoms with E-state index in [0.29, 0.717) is 0 Å². The first-order valence-electron chi connectivity index (χ1n) is 2.99. The number of nitrogens with zero attached hydrogens (tertiary/aromatic N) is 2. The van der Waals surface area contributed by atoms with Gasteiger partial charge in [0.25, 0.3) is 0 Å². The Hall–Kier alpha value is -0.250. The van der Waals surface area contributed by atoms with Crippen LogP contribution in [0.5, 0.6) is 0 Å². The summed E-state index contributed by atoms with van der Waals surface area (Å²) in [7, 11) is 9.94. The van der Waals surface area contributed by atoms with E-state index in [1.165, 1.54) is 0 Å². The first-order valence-corrected chi connectivity index (χ1v) is 2.99. The van der Waals surface area contributed by atoms with Crippen LogP contribution in [0.4, 0.5) is 0 Å². The molecule has 0 aliphatic rings. The lowest BCUT2D eigenvalue weighted by Crippen LogP contribution is -3.00. The Morgan fingerprint density at radius 1 is 1.30 bits per heavy atom. The average Bonchev–Trinajstić information content (AvgIpc) is 1.64. The molecule has 10 heavy (non-hydrogen) atoms. The van der Waals surface area contributed by atoms with Gasteiger partial charge in [0, 0.05) is 0 Å². The second-order valence-corrected chi connectivity index (χ2v) is 2.36. The molecule has 0 atom stereocenters. The Bertz CT molecular complexity index is 116. The molecule has 62 valence electrons. The van der Waals surface area contributed by atoms with Gasteiger partial charge in [-0.2, -0.15) is 0 Å². The van der Waals surface area contributed by atoms with Crippen LogP contribution in [0.2, 0.25) is 0 Å². The zero-order valence-corrected chi connectivity index (χ0v) is 8.86. The van der Waals surface area contributed by atoms with E-state index in [1.54, 1.807) is 0 Å². The number of nitrogens with one attached hydrogen (secondary N) is 1. The lowest BCUT2D eigenvalue weighted by molar-refractivity contribution is -0.472. The third kappa shape index (κ3) is 3.71. The molecule has 0 saturated carbocycles. The molecule has 3 nitrogen and oxygen atoms in total. The zero-order valence-electron chi connectivity index (χ0n) is 7.27. The van der Waals surface area contributed by atoms with Crippen molar-refractivity contribution in [2.45, 2.75) is 0 Å². The van der Waals surface area contributed by atoms with Crippen LogP contribution >= 0.6 is 0 Å². The quantitative estimate of drug-likeness (QED) is 0.253. The van der Waals surface area contributed by atoms with Crippen molar-refractivity contribution in [3.63, 3.8) is 0 Å². The van der Waals surface area contributed by atoms with Gasteiger partial charge in [-0.15, -0.1) is 0 Å². The molecular weight excluding hydrogens is 194 g/mol. The number of hydrogen-bond acceptors (Lipinski definition) is 0. The van der Waals surface area contributed by atoms with Crippen LogP contribution in [0.3, 0.4) is 0 Å². The predicted molar refractivity (Wildman–Crippen MR) is 39.9 cm³/mol. The van der Waals surface area contributed by atoms with Crippen LogP contribution in [0, 0.1) is 0 Å². The van der Waals surface area contributed by atoms with Gasteiger partial charge in [0.05, 0.1) is 35.2 Å². The van der Waals surface area contributed by atoms with Gasteiger partial charge in [0.1, 0.15) is 0 Å². The zero-order chi connectivity index (χ0) is 7.44. The molecule has 0 aromatic carbocycles.